The summed E-state index contributed by atoms with van der Waals surface area (Å²) in [6.07, 6.45) is 3.10. The maximum Gasteiger partial charge on any atom is 0.408 e. The highest BCUT2D eigenvalue weighted by molar-refractivity contribution is 5.99. The molecule has 8 nitrogen and oxygen atoms in total. The summed E-state index contributed by atoms with van der Waals surface area (Å²) in [7, 11) is 1.57. The SMILES string of the molecule is COc1ccc(NC(=O)C=C[C@H](CCc2ccccc2)NC(=O)[C@H](C(C)C)N(C(=O)O)C(C)(C)C)cc1. The number of hydrogen-bond donors (Lipinski definition) is 3. The Balaban J connectivity index is 2.22. The summed E-state index contributed by atoms with van der Waals surface area (Å²) in [6, 6.07) is 15.4. The van der Waals surface area contributed by atoms with Crippen LogP contribution >= 0.6 is 0 Å². The van der Waals surface area contributed by atoms with Crippen molar-refractivity contribution in [3.8, 4) is 5.75 Å². The minimum Gasteiger partial charge on any atom is -0.497 e. The molecule has 0 bridgehead atoms. The van der Waals surface area contributed by atoms with E-state index < -0.39 is 29.6 Å². The van der Waals surface area contributed by atoms with Crippen molar-refractivity contribution in [1.82, 2.24) is 10.2 Å². The molecule has 0 aliphatic rings. The van der Waals surface area contributed by atoms with Gasteiger partial charge in [-0.05, 0) is 69.4 Å². The number of methoxy groups -OCH3 is 1. The van der Waals surface area contributed by atoms with Crippen molar-refractivity contribution in [1.29, 1.82) is 0 Å². The van der Waals surface area contributed by atoms with Crippen molar-refractivity contribution in [2.24, 2.45) is 5.92 Å². The second-order valence-electron chi connectivity index (χ2n) is 10.2. The summed E-state index contributed by atoms with van der Waals surface area (Å²) in [4.78, 5) is 39.3. The van der Waals surface area contributed by atoms with Crippen LogP contribution in [0.2, 0.25) is 0 Å². The lowest BCUT2D eigenvalue weighted by molar-refractivity contribution is -0.129. The molecule has 3 amide bonds. The standard InChI is InChI=1S/C29H39N3O5/c1-20(2)26(32(28(35)36)29(3,4)5)27(34)31-23(13-12-21-10-8-7-9-11-21)16-19-25(33)30-22-14-17-24(37-6)18-15-22/h7-11,14-20,23,26H,12-13H2,1-6H3,(H,30,33)(H,31,34)(H,35,36)/t23-,26-/m0/s1. The number of anilines is 1. The molecule has 0 fully saturated rings. The van der Waals surface area contributed by atoms with Crippen molar-refractivity contribution >= 4 is 23.6 Å². The normalized spacial score (nSPS) is 13.2. The predicted octanol–water partition coefficient (Wildman–Crippen LogP) is 5.11. The van der Waals surface area contributed by atoms with E-state index in [2.05, 4.69) is 10.6 Å². The van der Waals surface area contributed by atoms with Gasteiger partial charge in [-0.15, -0.1) is 0 Å². The van der Waals surface area contributed by atoms with E-state index in [1.807, 2.05) is 44.2 Å². The highest BCUT2D eigenvalue weighted by Gasteiger charge is 2.39. The van der Waals surface area contributed by atoms with Crippen LogP contribution in [0.4, 0.5) is 10.5 Å². The first-order valence-electron chi connectivity index (χ1n) is 12.4. The largest absolute Gasteiger partial charge is 0.497 e. The third kappa shape index (κ3) is 9.29. The summed E-state index contributed by atoms with van der Waals surface area (Å²) in [5.41, 5.74) is 0.939. The van der Waals surface area contributed by atoms with Crippen molar-refractivity contribution in [3.63, 3.8) is 0 Å². The first kappa shape index (κ1) is 29.4. The van der Waals surface area contributed by atoms with E-state index in [0.29, 0.717) is 24.3 Å². The topological polar surface area (TPSA) is 108 Å². The fourth-order valence-electron chi connectivity index (χ4n) is 4.05. The van der Waals surface area contributed by atoms with Gasteiger partial charge in [0.2, 0.25) is 11.8 Å². The summed E-state index contributed by atoms with van der Waals surface area (Å²) in [5, 5.41) is 15.7. The molecule has 0 aliphatic heterocycles. The van der Waals surface area contributed by atoms with Crippen LogP contribution in [0.5, 0.6) is 5.75 Å². The molecule has 0 unspecified atom stereocenters. The van der Waals surface area contributed by atoms with Gasteiger partial charge in [-0.25, -0.2) is 4.79 Å². The van der Waals surface area contributed by atoms with Gasteiger partial charge >= 0.3 is 6.09 Å². The summed E-state index contributed by atoms with van der Waals surface area (Å²) < 4.78 is 5.13. The highest BCUT2D eigenvalue weighted by Crippen LogP contribution is 2.23. The molecule has 8 heteroatoms. The second kappa shape index (κ2) is 13.5. The van der Waals surface area contributed by atoms with Gasteiger partial charge in [-0.1, -0.05) is 50.3 Å². The number of ether oxygens (including phenoxy) is 1. The molecule has 200 valence electrons. The van der Waals surface area contributed by atoms with Crippen LogP contribution < -0.4 is 15.4 Å². The Morgan fingerprint density at radius 2 is 1.65 bits per heavy atom. The van der Waals surface area contributed by atoms with Gasteiger partial charge in [-0.2, -0.15) is 0 Å². The molecular weight excluding hydrogens is 470 g/mol. The number of benzene rings is 2. The predicted molar refractivity (Wildman–Crippen MR) is 146 cm³/mol. The fourth-order valence-corrected chi connectivity index (χ4v) is 4.05. The Bertz CT molecular complexity index is 1060. The molecule has 0 aliphatic carbocycles. The molecule has 37 heavy (non-hydrogen) atoms. The van der Waals surface area contributed by atoms with Crippen LogP contribution in [-0.2, 0) is 16.0 Å². The maximum absolute atomic E-state index is 13.4. The number of carbonyl (C=O) groups is 3. The molecule has 0 heterocycles. The maximum atomic E-state index is 13.4. The zero-order valence-corrected chi connectivity index (χ0v) is 22.5. The second-order valence-corrected chi connectivity index (χ2v) is 10.2. The monoisotopic (exact) mass is 509 g/mol. The molecule has 0 radical (unpaired) electrons. The Morgan fingerprint density at radius 1 is 1.03 bits per heavy atom. The molecule has 0 saturated heterocycles. The van der Waals surface area contributed by atoms with E-state index in [4.69, 9.17) is 4.74 Å². The number of hydrogen-bond acceptors (Lipinski definition) is 4. The van der Waals surface area contributed by atoms with Crippen molar-refractivity contribution in [2.75, 3.05) is 12.4 Å². The lowest BCUT2D eigenvalue weighted by atomic mass is 9.95. The smallest absolute Gasteiger partial charge is 0.408 e. The van der Waals surface area contributed by atoms with E-state index in [-0.39, 0.29) is 11.8 Å². The Morgan fingerprint density at radius 3 is 2.16 bits per heavy atom. The molecule has 0 spiro atoms. The lowest BCUT2D eigenvalue weighted by Crippen LogP contribution is -2.59. The molecule has 0 aromatic heterocycles. The van der Waals surface area contributed by atoms with Crippen LogP contribution in [0.25, 0.3) is 0 Å². The van der Waals surface area contributed by atoms with Gasteiger partial charge in [0.15, 0.2) is 0 Å². The summed E-state index contributed by atoms with van der Waals surface area (Å²) in [5.74, 6) is -0.313. The average Bonchev–Trinajstić information content (AvgIpc) is 2.83. The zero-order chi connectivity index (χ0) is 27.6. The minimum atomic E-state index is -1.16. The molecule has 2 rings (SSSR count). The number of aryl methyl sites for hydroxylation is 1. The molecule has 0 saturated carbocycles. The van der Waals surface area contributed by atoms with Crippen LogP contribution in [0, 0.1) is 5.92 Å². The van der Waals surface area contributed by atoms with E-state index in [1.165, 1.54) is 11.0 Å². The number of nitrogens with one attached hydrogen (secondary N) is 2. The Labute approximate surface area is 219 Å². The van der Waals surface area contributed by atoms with Crippen LogP contribution in [-0.4, -0.2) is 52.6 Å². The minimum absolute atomic E-state index is 0.257. The highest BCUT2D eigenvalue weighted by atomic mass is 16.5. The van der Waals surface area contributed by atoms with Crippen LogP contribution in [0.15, 0.2) is 66.7 Å². The van der Waals surface area contributed by atoms with Crippen molar-refractivity contribution in [2.45, 2.75) is 65.1 Å². The van der Waals surface area contributed by atoms with Crippen molar-refractivity contribution in [3.05, 3.63) is 72.3 Å². The van der Waals surface area contributed by atoms with E-state index in [9.17, 15) is 19.5 Å². The van der Waals surface area contributed by atoms with Gasteiger partial charge in [0, 0.05) is 23.3 Å². The Kier molecular flexibility index (Phi) is 10.7. The molecule has 2 aromatic rings. The molecule has 2 aromatic carbocycles. The number of nitrogens with zero attached hydrogens (tertiary/aromatic N) is 1. The Hall–Kier alpha value is -3.81. The van der Waals surface area contributed by atoms with E-state index in [1.54, 1.807) is 58.2 Å². The lowest BCUT2D eigenvalue weighted by Gasteiger charge is -2.41. The van der Waals surface area contributed by atoms with Gasteiger partial charge in [0.05, 0.1) is 7.11 Å². The number of carboxylic acid groups (broad SMARTS) is 1. The first-order chi connectivity index (χ1) is 17.4. The molecule has 2 atom stereocenters. The molecular formula is C29H39N3O5. The van der Waals surface area contributed by atoms with Gasteiger partial charge in [0.25, 0.3) is 0 Å². The summed E-state index contributed by atoms with van der Waals surface area (Å²) in [6.45, 7) is 8.94. The molecule has 3 N–H and O–H groups in total. The number of rotatable bonds is 11. The number of carbonyl (C=O) groups excluding carboxylic acids is 2. The van der Waals surface area contributed by atoms with E-state index >= 15 is 0 Å². The third-order valence-corrected chi connectivity index (χ3v) is 5.86. The average molecular weight is 510 g/mol. The van der Waals surface area contributed by atoms with Crippen LogP contribution in [0.3, 0.4) is 0 Å². The van der Waals surface area contributed by atoms with Gasteiger partial charge in [-0.3, -0.25) is 14.5 Å². The third-order valence-electron chi connectivity index (χ3n) is 5.86. The van der Waals surface area contributed by atoms with Crippen LogP contribution in [0.1, 0.15) is 46.6 Å². The van der Waals surface area contributed by atoms with Gasteiger partial charge < -0.3 is 20.5 Å². The quantitative estimate of drug-likeness (QED) is 0.365. The fraction of sp³-hybridized carbons (Fsp3) is 0.414. The summed E-state index contributed by atoms with van der Waals surface area (Å²) >= 11 is 0. The van der Waals surface area contributed by atoms with Crippen molar-refractivity contribution < 1.29 is 24.2 Å². The van der Waals surface area contributed by atoms with Gasteiger partial charge in [0.1, 0.15) is 11.8 Å². The number of amides is 3. The first-order valence-corrected chi connectivity index (χ1v) is 12.4. The van der Waals surface area contributed by atoms with E-state index in [0.717, 1.165) is 5.56 Å². The zero-order valence-electron chi connectivity index (χ0n) is 22.5.